The van der Waals surface area contributed by atoms with Gasteiger partial charge in [-0.3, -0.25) is 24.6 Å². The maximum absolute atomic E-state index is 15.1. The Labute approximate surface area is 348 Å². The number of H-pyrrole nitrogens is 1. The maximum atomic E-state index is 15.1. The molecule has 0 saturated heterocycles. The van der Waals surface area contributed by atoms with Crippen LogP contribution < -0.4 is 14.8 Å². The van der Waals surface area contributed by atoms with Crippen LogP contribution in [-0.2, 0) is 21.4 Å². The van der Waals surface area contributed by atoms with Crippen LogP contribution >= 0.6 is 0 Å². The largest absolute Gasteiger partial charge is 0.493 e. The lowest BCUT2D eigenvalue weighted by Gasteiger charge is -2.46. The number of aromatic nitrogens is 2. The number of carbonyl (C=O) groups is 3. The zero-order valence-corrected chi connectivity index (χ0v) is 35.4. The normalized spacial score (nSPS) is 14.7. The number of imidazole rings is 1. The molecular formula is C45H52N6O9. The first-order chi connectivity index (χ1) is 28.4. The highest BCUT2D eigenvalue weighted by Gasteiger charge is 2.50. The smallest absolute Gasteiger partial charge is 0.407 e. The Morgan fingerprint density at radius 2 is 1.70 bits per heavy atom. The first-order valence-corrected chi connectivity index (χ1v) is 19.6. The molecule has 1 aliphatic rings. The molecule has 2 atom stereocenters. The second-order valence-corrected chi connectivity index (χ2v) is 16.6. The van der Waals surface area contributed by atoms with E-state index in [2.05, 4.69) is 10.3 Å². The SMILES string of the molecule is COc1ccc(CCN(CCC(N2C(=O)c3c(cc(NC(OC)c4ccccc4)c4nc(-c5ccc(C)c([N+](=O)[O-])c5)[nH]c34)C(C)(C)C2=O)C(C)(C)C)C(=O)O)cc1OC. The lowest BCUT2D eigenvalue weighted by Crippen LogP contribution is -2.59. The summed E-state index contributed by atoms with van der Waals surface area (Å²) in [7, 11) is 4.64. The second-order valence-electron chi connectivity index (χ2n) is 16.6. The molecule has 4 aromatic carbocycles. The summed E-state index contributed by atoms with van der Waals surface area (Å²) in [4.78, 5) is 64.9. The average molecular weight is 821 g/mol. The number of hydrogen-bond donors (Lipinski definition) is 3. The van der Waals surface area contributed by atoms with Gasteiger partial charge in [0.05, 0.1) is 41.3 Å². The van der Waals surface area contributed by atoms with Crippen molar-refractivity contribution in [2.75, 3.05) is 39.7 Å². The summed E-state index contributed by atoms with van der Waals surface area (Å²) < 4.78 is 16.6. The van der Waals surface area contributed by atoms with Crippen molar-refractivity contribution in [3.8, 4) is 22.9 Å². The highest BCUT2D eigenvalue weighted by Crippen LogP contribution is 2.45. The molecule has 2 heterocycles. The van der Waals surface area contributed by atoms with Crippen molar-refractivity contribution in [2.45, 2.75) is 72.1 Å². The van der Waals surface area contributed by atoms with E-state index in [0.717, 1.165) is 11.1 Å². The van der Waals surface area contributed by atoms with E-state index in [-0.39, 0.29) is 36.6 Å². The van der Waals surface area contributed by atoms with Gasteiger partial charge in [-0.15, -0.1) is 0 Å². The van der Waals surface area contributed by atoms with Crippen molar-refractivity contribution in [1.82, 2.24) is 19.8 Å². The summed E-state index contributed by atoms with van der Waals surface area (Å²) in [5, 5.41) is 25.7. The van der Waals surface area contributed by atoms with Gasteiger partial charge in [-0.05, 0) is 68.4 Å². The van der Waals surface area contributed by atoms with Gasteiger partial charge in [0.2, 0.25) is 5.91 Å². The fraction of sp³-hybridized carbons (Fsp3) is 0.378. The molecule has 3 N–H and O–H groups in total. The molecule has 0 bridgehead atoms. The van der Waals surface area contributed by atoms with Crippen molar-refractivity contribution in [3.05, 3.63) is 111 Å². The van der Waals surface area contributed by atoms with Crippen molar-refractivity contribution < 1.29 is 38.6 Å². The van der Waals surface area contributed by atoms with Crippen molar-refractivity contribution >= 4 is 40.3 Å². The lowest BCUT2D eigenvalue weighted by molar-refractivity contribution is -0.385. The number of ether oxygens (including phenoxy) is 3. The number of fused-ring (bicyclic) bond motifs is 3. The van der Waals surface area contributed by atoms with Gasteiger partial charge >= 0.3 is 6.09 Å². The molecule has 316 valence electrons. The predicted molar refractivity (Wildman–Crippen MR) is 228 cm³/mol. The Morgan fingerprint density at radius 3 is 2.32 bits per heavy atom. The number of benzene rings is 4. The first-order valence-electron chi connectivity index (χ1n) is 19.6. The van der Waals surface area contributed by atoms with Gasteiger partial charge in [-0.2, -0.15) is 0 Å². The minimum atomic E-state index is -1.25. The minimum absolute atomic E-state index is 0.0471. The van der Waals surface area contributed by atoms with Crippen LogP contribution in [0.4, 0.5) is 16.2 Å². The van der Waals surface area contributed by atoms with Crippen LogP contribution in [0.1, 0.15) is 79.9 Å². The quantitative estimate of drug-likeness (QED) is 0.0397. The van der Waals surface area contributed by atoms with Crippen LogP contribution in [0.25, 0.3) is 22.4 Å². The molecule has 0 fully saturated rings. The summed E-state index contributed by atoms with van der Waals surface area (Å²) in [6.07, 6.45) is -1.21. The maximum Gasteiger partial charge on any atom is 0.407 e. The summed E-state index contributed by atoms with van der Waals surface area (Å²) in [6.45, 7) is 11.2. The minimum Gasteiger partial charge on any atom is -0.493 e. The van der Waals surface area contributed by atoms with E-state index in [1.807, 2.05) is 57.2 Å². The van der Waals surface area contributed by atoms with E-state index in [1.54, 1.807) is 65.3 Å². The number of aromatic amines is 1. The number of anilines is 1. The van der Waals surface area contributed by atoms with E-state index in [0.29, 0.717) is 51.3 Å². The lowest BCUT2D eigenvalue weighted by atomic mass is 9.73. The molecule has 6 rings (SSSR count). The van der Waals surface area contributed by atoms with Crippen LogP contribution in [0.15, 0.2) is 72.8 Å². The molecule has 0 saturated carbocycles. The number of rotatable bonds is 15. The molecule has 1 aromatic heterocycles. The number of nitro groups is 1. The van der Waals surface area contributed by atoms with Crippen LogP contribution in [0.5, 0.6) is 11.5 Å². The van der Waals surface area contributed by atoms with Crippen molar-refractivity contribution in [3.63, 3.8) is 0 Å². The molecule has 15 heteroatoms. The Balaban J connectivity index is 1.42. The second kappa shape index (κ2) is 17.0. The summed E-state index contributed by atoms with van der Waals surface area (Å²) >= 11 is 0. The monoisotopic (exact) mass is 820 g/mol. The van der Waals surface area contributed by atoms with Crippen molar-refractivity contribution in [2.24, 2.45) is 5.41 Å². The Bertz CT molecular complexity index is 2440. The van der Waals surface area contributed by atoms with Gasteiger partial charge in [0.1, 0.15) is 11.3 Å². The topological polar surface area (TPSA) is 189 Å². The third kappa shape index (κ3) is 8.35. The van der Waals surface area contributed by atoms with Crippen LogP contribution in [0, 0.1) is 22.5 Å². The van der Waals surface area contributed by atoms with E-state index in [9.17, 15) is 24.8 Å². The van der Waals surface area contributed by atoms with Crippen molar-refractivity contribution in [1.29, 1.82) is 0 Å². The van der Waals surface area contributed by atoms with Crippen LogP contribution in [0.3, 0.4) is 0 Å². The number of imide groups is 1. The molecule has 0 radical (unpaired) electrons. The fourth-order valence-corrected chi connectivity index (χ4v) is 7.87. The molecule has 0 aliphatic carbocycles. The number of carbonyl (C=O) groups excluding carboxylic acids is 2. The predicted octanol–water partition coefficient (Wildman–Crippen LogP) is 8.51. The first kappa shape index (κ1) is 43.1. The molecule has 60 heavy (non-hydrogen) atoms. The van der Waals surface area contributed by atoms with Crippen LogP contribution in [0.2, 0.25) is 0 Å². The molecule has 5 aromatic rings. The van der Waals surface area contributed by atoms with Gasteiger partial charge in [-0.1, -0.05) is 69.3 Å². The van der Waals surface area contributed by atoms with E-state index < -0.39 is 45.9 Å². The average Bonchev–Trinajstić information content (AvgIpc) is 3.66. The summed E-state index contributed by atoms with van der Waals surface area (Å²) in [5.41, 5.74) is 2.43. The van der Waals surface area contributed by atoms with Gasteiger partial charge in [0, 0.05) is 49.0 Å². The van der Waals surface area contributed by atoms with Crippen LogP contribution in [-0.4, -0.2) is 88.2 Å². The number of aryl methyl sites for hydroxylation is 1. The molecule has 1 aliphatic heterocycles. The number of nitrogens with zero attached hydrogens (tertiary/aromatic N) is 4. The van der Waals surface area contributed by atoms with Gasteiger partial charge < -0.3 is 34.5 Å². The standard InChI is InChI=1S/C45H52N6O9/c1-26-15-17-29(24-32(26)51(56)57)39-47-37-31(46-40(60-9)28-13-11-10-12-14-28)25-30-36(38(37)48-39)41(52)50(42(53)45(30,5)6)35(44(2,3)4)20-22-49(43(54)55)21-19-27-16-18-33(58-7)34(23-27)59-8/h10-18,23-25,35,40,46H,19-22H2,1-9H3,(H,47,48)(H,54,55). The van der Waals surface area contributed by atoms with Gasteiger partial charge in [-0.25, -0.2) is 9.78 Å². The highest BCUT2D eigenvalue weighted by atomic mass is 16.6. The van der Waals surface area contributed by atoms with Gasteiger partial charge in [0.15, 0.2) is 17.7 Å². The third-order valence-corrected chi connectivity index (χ3v) is 11.3. The van der Waals surface area contributed by atoms with Gasteiger partial charge in [0.25, 0.3) is 11.6 Å². The highest BCUT2D eigenvalue weighted by molar-refractivity contribution is 6.19. The number of carboxylic acid groups (broad SMARTS) is 1. The number of nitrogens with one attached hydrogen (secondary N) is 2. The third-order valence-electron chi connectivity index (χ3n) is 11.3. The van der Waals surface area contributed by atoms with E-state index in [1.165, 1.54) is 23.0 Å². The molecule has 2 unspecified atom stereocenters. The molecule has 0 spiro atoms. The summed E-state index contributed by atoms with van der Waals surface area (Å²) in [6, 6.07) is 20.7. The fourth-order valence-electron chi connectivity index (χ4n) is 7.87. The zero-order valence-electron chi connectivity index (χ0n) is 35.4. The number of hydrogen-bond acceptors (Lipinski definition) is 10. The molecule has 15 nitrogen and oxygen atoms in total. The Morgan fingerprint density at radius 1 is 1.00 bits per heavy atom. The molecular weight excluding hydrogens is 769 g/mol. The Kier molecular flexibility index (Phi) is 12.2. The summed E-state index contributed by atoms with van der Waals surface area (Å²) in [5.74, 6) is 0.385. The van der Waals surface area contributed by atoms with E-state index in [4.69, 9.17) is 19.2 Å². The number of methoxy groups -OCH3 is 3. The molecule has 3 amide bonds. The van der Waals surface area contributed by atoms with E-state index >= 15 is 4.79 Å². The Hall–Kier alpha value is -6.48. The number of amides is 3. The zero-order chi connectivity index (χ0) is 43.7. The number of nitro benzene ring substituents is 1.